The summed E-state index contributed by atoms with van der Waals surface area (Å²) in [5.74, 6) is 0.151. The molecule has 2 rings (SSSR count). The smallest absolute Gasteiger partial charge is 0.224 e. The molecule has 0 aliphatic carbocycles. The maximum Gasteiger partial charge on any atom is 0.224 e. The number of benzene rings is 1. The Morgan fingerprint density at radius 3 is 2.81 bits per heavy atom. The van der Waals surface area contributed by atoms with Gasteiger partial charge in [0.05, 0.1) is 10.0 Å². The Morgan fingerprint density at radius 1 is 1.44 bits per heavy atom. The monoisotopic (exact) mass is 321 g/mol. The van der Waals surface area contributed by atoms with Gasteiger partial charge in [-0.2, -0.15) is 0 Å². The van der Waals surface area contributed by atoms with Crippen LogP contribution in [0.4, 0.5) is 0 Å². The van der Waals surface area contributed by atoms with Gasteiger partial charge in [0.25, 0.3) is 0 Å². The van der Waals surface area contributed by atoms with Crippen molar-refractivity contribution >= 4 is 45.0 Å². The van der Waals surface area contributed by atoms with Gasteiger partial charge in [-0.25, -0.2) is 0 Å². The van der Waals surface area contributed by atoms with E-state index in [0.29, 0.717) is 23.0 Å². The van der Waals surface area contributed by atoms with Crippen molar-refractivity contribution in [3.8, 4) is 0 Å². The van der Waals surface area contributed by atoms with Gasteiger partial charge in [0.1, 0.15) is 0 Å². The minimum Gasteiger partial charge on any atom is -0.337 e. The Kier molecular flexibility index (Phi) is 3.77. The number of halogens is 3. The van der Waals surface area contributed by atoms with Crippen molar-refractivity contribution in [2.75, 3.05) is 6.54 Å². The van der Waals surface area contributed by atoms with E-state index in [-0.39, 0.29) is 10.7 Å². The summed E-state index contributed by atoms with van der Waals surface area (Å²) in [5.41, 5.74) is 0.893. The third-order valence-corrected chi connectivity index (χ3v) is 4.03. The number of likely N-dealkylation sites (tertiary alicyclic amines) is 1. The SMILES string of the molecule is O=C1CC(Br)CN1Cc1cccc(Cl)c1Cl. The predicted molar refractivity (Wildman–Crippen MR) is 69.2 cm³/mol. The first-order valence-electron chi connectivity index (χ1n) is 4.92. The highest BCUT2D eigenvalue weighted by molar-refractivity contribution is 9.09. The van der Waals surface area contributed by atoms with Crippen molar-refractivity contribution in [1.29, 1.82) is 0 Å². The number of amides is 1. The molecule has 1 aromatic rings. The molecule has 1 heterocycles. The van der Waals surface area contributed by atoms with Gasteiger partial charge in [0.2, 0.25) is 5.91 Å². The largest absolute Gasteiger partial charge is 0.337 e. The second-order valence-electron chi connectivity index (χ2n) is 3.79. The molecular weight excluding hydrogens is 313 g/mol. The molecule has 0 bridgehead atoms. The van der Waals surface area contributed by atoms with E-state index < -0.39 is 0 Å². The average molecular weight is 323 g/mol. The van der Waals surface area contributed by atoms with Crippen LogP contribution in [-0.4, -0.2) is 22.2 Å². The topological polar surface area (TPSA) is 20.3 Å². The molecule has 1 aromatic carbocycles. The summed E-state index contributed by atoms with van der Waals surface area (Å²) in [6.45, 7) is 1.25. The van der Waals surface area contributed by atoms with E-state index in [4.69, 9.17) is 23.2 Å². The van der Waals surface area contributed by atoms with Crippen LogP contribution in [0.15, 0.2) is 18.2 Å². The van der Waals surface area contributed by atoms with Crippen LogP contribution in [0.3, 0.4) is 0 Å². The van der Waals surface area contributed by atoms with Crippen molar-refractivity contribution in [1.82, 2.24) is 4.90 Å². The summed E-state index contributed by atoms with van der Waals surface area (Å²) >= 11 is 15.4. The Hall–Kier alpha value is -0.250. The van der Waals surface area contributed by atoms with Crippen LogP contribution in [-0.2, 0) is 11.3 Å². The third-order valence-electron chi connectivity index (χ3n) is 2.56. The molecule has 0 saturated carbocycles. The van der Waals surface area contributed by atoms with Crippen LogP contribution in [0, 0.1) is 0 Å². The molecule has 1 unspecified atom stereocenters. The molecule has 0 aromatic heterocycles. The van der Waals surface area contributed by atoms with E-state index >= 15 is 0 Å². The number of carbonyl (C=O) groups excluding carboxylic acids is 1. The lowest BCUT2D eigenvalue weighted by molar-refractivity contribution is -0.128. The normalized spacial score (nSPS) is 20.6. The van der Waals surface area contributed by atoms with Crippen molar-refractivity contribution < 1.29 is 4.79 Å². The lowest BCUT2D eigenvalue weighted by Gasteiger charge is -2.17. The summed E-state index contributed by atoms with van der Waals surface area (Å²) < 4.78 is 0. The fraction of sp³-hybridized carbons (Fsp3) is 0.364. The van der Waals surface area contributed by atoms with Gasteiger partial charge in [-0.15, -0.1) is 0 Å². The summed E-state index contributed by atoms with van der Waals surface area (Å²) in [6.07, 6.45) is 0.554. The van der Waals surface area contributed by atoms with Crippen LogP contribution in [0.25, 0.3) is 0 Å². The lowest BCUT2D eigenvalue weighted by atomic mass is 10.2. The zero-order valence-corrected chi connectivity index (χ0v) is 11.5. The molecule has 1 atom stereocenters. The second kappa shape index (κ2) is 4.94. The van der Waals surface area contributed by atoms with E-state index in [1.165, 1.54) is 0 Å². The summed E-state index contributed by atoms with van der Waals surface area (Å²) in [4.78, 5) is 13.6. The molecule has 1 aliphatic rings. The molecule has 2 nitrogen and oxygen atoms in total. The lowest BCUT2D eigenvalue weighted by Crippen LogP contribution is -2.24. The van der Waals surface area contributed by atoms with Crippen LogP contribution < -0.4 is 0 Å². The van der Waals surface area contributed by atoms with Crippen molar-refractivity contribution in [2.24, 2.45) is 0 Å². The minimum atomic E-state index is 0.151. The van der Waals surface area contributed by atoms with Crippen LogP contribution in [0.1, 0.15) is 12.0 Å². The van der Waals surface area contributed by atoms with Gasteiger partial charge in [-0.3, -0.25) is 4.79 Å². The molecule has 0 radical (unpaired) electrons. The Balaban J connectivity index is 2.15. The van der Waals surface area contributed by atoms with Crippen LogP contribution >= 0.6 is 39.1 Å². The van der Waals surface area contributed by atoms with E-state index in [2.05, 4.69) is 15.9 Å². The number of carbonyl (C=O) groups is 1. The van der Waals surface area contributed by atoms with Gasteiger partial charge in [0, 0.05) is 24.3 Å². The Bertz CT molecular complexity index is 424. The summed E-state index contributed by atoms with van der Waals surface area (Å²) in [7, 11) is 0. The molecule has 1 fully saturated rings. The first-order valence-corrected chi connectivity index (χ1v) is 6.60. The summed E-state index contributed by atoms with van der Waals surface area (Å²) in [5, 5.41) is 1.07. The fourth-order valence-electron chi connectivity index (χ4n) is 1.75. The van der Waals surface area contributed by atoms with Crippen molar-refractivity contribution in [2.45, 2.75) is 17.8 Å². The predicted octanol–water partition coefficient (Wildman–Crippen LogP) is 3.49. The van der Waals surface area contributed by atoms with E-state index in [1.54, 1.807) is 11.0 Å². The van der Waals surface area contributed by atoms with Gasteiger partial charge in [-0.1, -0.05) is 51.3 Å². The molecule has 86 valence electrons. The number of rotatable bonds is 2. The standard InChI is InChI=1S/C11H10BrCl2NO/c12-8-4-10(16)15(6-8)5-7-2-1-3-9(13)11(7)14/h1-3,8H,4-6H2. The fourth-order valence-corrected chi connectivity index (χ4v) is 2.76. The first kappa shape index (κ1) is 12.2. The number of alkyl halides is 1. The molecule has 0 N–H and O–H groups in total. The van der Waals surface area contributed by atoms with E-state index in [0.717, 1.165) is 12.1 Å². The van der Waals surface area contributed by atoms with Gasteiger partial charge in [-0.05, 0) is 11.6 Å². The maximum absolute atomic E-state index is 11.6. The molecule has 5 heteroatoms. The highest BCUT2D eigenvalue weighted by Crippen LogP contribution is 2.28. The molecule has 1 saturated heterocycles. The first-order chi connectivity index (χ1) is 7.58. The molecule has 0 spiro atoms. The highest BCUT2D eigenvalue weighted by Gasteiger charge is 2.27. The van der Waals surface area contributed by atoms with Gasteiger partial charge in [0.15, 0.2) is 0 Å². The molecule has 1 amide bonds. The molecular formula is C11H10BrCl2NO. The second-order valence-corrected chi connectivity index (χ2v) is 5.87. The molecule has 1 aliphatic heterocycles. The Labute approximate surface area is 113 Å². The third kappa shape index (κ3) is 2.53. The summed E-state index contributed by atoms with van der Waals surface area (Å²) in [6, 6.07) is 5.48. The van der Waals surface area contributed by atoms with Crippen molar-refractivity contribution in [3.63, 3.8) is 0 Å². The Morgan fingerprint density at radius 2 is 2.19 bits per heavy atom. The molecule has 16 heavy (non-hydrogen) atoms. The maximum atomic E-state index is 11.6. The number of hydrogen-bond donors (Lipinski definition) is 0. The van der Waals surface area contributed by atoms with Gasteiger partial charge >= 0.3 is 0 Å². The number of hydrogen-bond acceptors (Lipinski definition) is 1. The van der Waals surface area contributed by atoms with E-state index in [9.17, 15) is 4.79 Å². The number of nitrogens with zero attached hydrogens (tertiary/aromatic N) is 1. The highest BCUT2D eigenvalue weighted by atomic mass is 79.9. The van der Waals surface area contributed by atoms with Crippen molar-refractivity contribution in [3.05, 3.63) is 33.8 Å². The average Bonchev–Trinajstić information content (AvgIpc) is 2.53. The van der Waals surface area contributed by atoms with Crippen LogP contribution in [0.5, 0.6) is 0 Å². The van der Waals surface area contributed by atoms with E-state index in [1.807, 2.05) is 12.1 Å². The minimum absolute atomic E-state index is 0.151. The van der Waals surface area contributed by atoms with Crippen LogP contribution in [0.2, 0.25) is 10.0 Å². The zero-order valence-electron chi connectivity index (χ0n) is 8.42. The van der Waals surface area contributed by atoms with Gasteiger partial charge < -0.3 is 4.90 Å². The zero-order chi connectivity index (χ0) is 11.7. The quantitative estimate of drug-likeness (QED) is 0.763.